The van der Waals surface area contributed by atoms with Gasteiger partial charge < -0.3 is 25.6 Å². The lowest BCUT2D eigenvalue weighted by Crippen LogP contribution is -2.55. The van der Waals surface area contributed by atoms with Gasteiger partial charge in [0, 0.05) is 24.2 Å². The first-order valence-electron chi connectivity index (χ1n) is 8.78. The van der Waals surface area contributed by atoms with Gasteiger partial charge in [-0.25, -0.2) is 4.79 Å². The fourth-order valence-electron chi connectivity index (χ4n) is 2.60. The smallest absolute Gasteiger partial charge is 0.408 e. The molecule has 0 saturated carbocycles. The topological polar surface area (TPSA) is 90.8 Å². The van der Waals surface area contributed by atoms with Crippen LogP contribution in [0.15, 0.2) is 18.2 Å². The van der Waals surface area contributed by atoms with Gasteiger partial charge in [-0.2, -0.15) is 0 Å². The first-order chi connectivity index (χ1) is 11.5. The number of hydrogen-bond donors (Lipinski definition) is 4. The Bertz CT molecular complexity index is 577. The highest BCUT2D eigenvalue weighted by molar-refractivity contribution is 5.68. The summed E-state index contributed by atoms with van der Waals surface area (Å²) in [6.45, 7) is 12.0. The Morgan fingerprint density at radius 2 is 1.80 bits per heavy atom. The maximum atomic E-state index is 12.2. The van der Waals surface area contributed by atoms with Gasteiger partial charge in [0.1, 0.15) is 17.1 Å². The van der Waals surface area contributed by atoms with E-state index in [2.05, 4.69) is 10.6 Å². The first kappa shape index (κ1) is 21.1. The van der Waals surface area contributed by atoms with E-state index in [1.54, 1.807) is 12.1 Å². The van der Waals surface area contributed by atoms with Crippen LogP contribution in [0, 0.1) is 0 Å². The number of carbonyl (C=O) groups excluding carboxylic acids is 1. The number of rotatable bonds is 7. The Balaban J connectivity index is 2.78. The predicted molar refractivity (Wildman–Crippen MR) is 98.9 cm³/mol. The number of carbonyl (C=O) groups is 1. The molecule has 1 aromatic rings. The molecule has 25 heavy (non-hydrogen) atoms. The van der Waals surface area contributed by atoms with Crippen LogP contribution in [-0.2, 0) is 4.74 Å². The molecule has 0 bridgehead atoms. The summed E-state index contributed by atoms with van der Waals surface area (Å²) in [5.74, 6) is 0.0650. The largest absolute Gasteiger partial charge is 0.508 e. The quantitative estimate of drug-likeness (QED) is 0.599. The van der Waals surface area contributed by atoms with Crippen LogP contribution in [-0.4, -0.2) is 34.0 Å². The van der Waals surface area contributed by atoms with Gasteiger partial charge in [0.05, 0.1) is 5.54 Å². The second-order valence-electron chi connectivity index (χ2n) is 7.46. The van der Waals surface area contributed by atoms with E-state index in [1.165, 1.54) is 6.07 Å². The van der Waals surface area contributed by atoms with Gasteiger partial charge in [-0.1, -0.05) is 19.9 Å². The predicted octanol–water partition coefficient (Wildman–Crippen LogP) is 3.83. The van der Waals surface area contributed by atoms with Gasteiger partial charge in [0.2, 0.25) is 0 Å². The van der Waals surface area contributed by atoms with Gasteiger partial charge in [-0.15, -0.1) is 0 Å². The lowest BCUT2D eigenvalue weighted by atomic mass is 9.92. The number of ether oxygens (including phenoxy) is 1. The van der Waals surface area contributed by atoms with Crippen LogP contribution in [0.3, 0.4) is 0 Å². The van der Waals surface area contributed by atoms with Crippen molar-refractivity contribution in [2.24, 2.45) is 0 Å². The maximum absolute atomic E-state index is 12.2. The molecule has 4 N–H and O–H groups in total. The zero-order valence-electron chi connectivity index (χ0n) is 16.1. The summed E-state index contributed by atoms with van der Waals surface area (Å²) in [6.07, 6.45) is 1.05. The normalized spacial score (nSPS) is 13.4. The summed E-state index contributed by atoms with van der Waals surface area (Å²) in [6, 6.07) is 4.40. The fourth-order valence-corrected chi connectivity index (χ4v) is 2.60. The van der Waals surface area contributed by atoms with Crippen molar-refractivity contribution in [2.75, 3.05) is 6.54 Å². The van der Waals surface area contributed by atoms with E-state index in [0.29, 0.717) is 12.1 Å². The Morgan fingerprint density at radius 1 is 1.20 bits per heavy atom. The lowest BCUT2D eigenvalue weighted by Gasteiger charge is -2.35. The molecule has 1 unspecified atom stereocenters. The highest BCUT2D eigenvalue weighted by atomic mass is 16.6. The third kappa shape index (κ3) is 6.46. The van der Waals surface area contributed by atoms with Crippen molar-refractivity contribution < 1.29 is 19.7 Å². The zero-order valence-corrected chi connectivity index (χ0v) is 16.1. The maximum Gasteiger partial charge on any atom is 0.408 e. The summed E-state index contributed by atoms with van der Waals surface area (Å²) in [4.78, 5) is 12.2. The van der Waals surface area contributed by atoms with E-state index in [0.717, 1.165) is 12.8 Å². The minimum Gasteiger partial charge on any atom is -0.508 e. The molecule has 6 nitrogen and oxygen atoms in total. The molecule has 1 rings (SSSR count). The van der Waals surface area contributed by atoms with E-state index < -0.39 is 17.2 Å². The minimum absolute atomic E-state index is 0.0245. The molecule has 1 amide bonds. The Hall–Kier alpha value is -1.95. The molecule has 142 valence electrons. The van der Waals surface area contributed by atoms with Crippen LogP contribution >= 0.6 is 0 Å². The highest BCUT2D eigenvalue weighted by Gasteiger charge is 2.31. The Labute approximate surface area is 150 Å². The molecule has 1 atom stereocenters. The average Bonchev–Trinajstić information content (AvgIpc) is 2.49. The van der Waals surface area contributed by atoms with Gasteiger partial charge in [0.15, 0.2) is 0 Å². The summed E-state index contributed by atoms with van der Waals surface area (Å²) < 4.78 is 5.38. The van der Waals surface area contributed by atoms with E-state index in [-0.39, 0.29) is 17.5 Å². The molecule has 1 aromatic carbocycles. The third-order valence-corrected chi connectivity index (χ3v) is 4.35. The molecule has 0 aliphatic carbocycles. The Morgan fingerprint density at radius 3 is 2.28 bits per heavy atom. The molecule has 0 spiro atoms. The van der Waals surface area contributed by atoms with E-state index in [1.807, 2.05) is 41.5 Å². The number of benzene rings is 1. The van der Waals surface area contributed by atoms with E-state index >= 15 is 0 Å². The number of hydrogen-bond acceptors (Lipinski definition) is 5. The van der Waals surface area contributed by atoms with Crippen LogP contribution < -0.4 is 10.6 Å². The molecule has 0 fully saturated rings. The van der Waals surface area contributed by atoms with Crippen LogP contribution in [0.5, 0.6) is 11.5 Å². The summed E-state index contributed by atoms with van der Waals surface area (Å²) in [5, 5.41) is 25.7. The highest BCUT2D eigenvalue weighted by Crippen LogP contribution is 2.28. The molecular formula is C19H32N2O4. The van der Waals surface area contributed by atoms with E-state index in [4.69, 9.17) is 4.74 Å². The number of phenolic OH excluding ortho intramolecular Hbond substituents is 2. The van der Waals surface area contributed by atoms with Crippen molar-refractivity contribution in [1.29, 1.82) is 0 Å². The average molecular weight is 352 g/mol. The number of phenols is 2. The minimum atomic E-state index is -0.546. The first-order valence-corrected chi connectivity index (χ1v) is 8.78. The molecule has 6 heteroatoms. The molecule has 0 saturated heterocycles. The summed E-state index contributed by atoms with van der Waals surface area (Å²) >= 11 is 0. The summed E-state index contributed by atoms with van der Waals surface area (Å²) in [7, 11) is 0. The molecule has 0 heterocycles. The van der Waals surface area contributed by atoms with Crippen LogP contribution in [0.2, 0.25) is 0 Å². The number of amides is 1. The second-order valence-corrected chi connectivity index (χ2v) is 7.46. The standard InChI is InChI=1S/C19H32N2O4/c1-7-19(8-2,21-17(24)25-18(4,5)6)12-20-13(3)15-10-9-14(22)11-16(15)23/h9-11,13,20,22-23H,7-8,12H2,1-6H3,(H,21,24). The number of nitrogens with one attached hydrogen (secondary N) is 2. The van der Waals surface area contributed by atoms with Crippen molar-refractivity contribution >= 4 is 6.09 Å². The lowest BCUT2D eigenvalue weighted by molar-refractivity contribution is 0.0444. The molecule has 0 radical (unpaired) electrons. The SMILES string of the molecule is CCC(CC)(CNC(C)c1ccc(O)cc1O)NC(=O)OC(C)(C)C. The van der Waals surface area contributed by atoms with Gasteiger partial charge >= 0.3 is 6.09 Å². The van der Waals surface area contributed by atoms with Crippen molar-refractivity contribution in [3.05, 3.63) is 23.8 Å². The van der Waals surface area contributed by atoms with Crippen molar-refractivity contribution in [1.82, 2.24) is 10.6 Å². The van der Waals surface area contributed by atoms with Crippen molar-refractivity contribution in [3.63, 3.8) is 0 Å². The van der Waals surface area contributed by atoms with Gasteiger partial charge in [0.25, 0.3) is 0 Å². The molecular weight excluding hydrogens is 320 g/mol. The van der Waals surface area contributed by atoms with Crippen molar-refractivity contribution in [2.45, 2.75) is 71.6 Å². The number of alkyl carbamates (subject to hydrolysis) is 1. The summed E-state index contributed by atoms with van der Waals surface area (Å²) in [5.41, 5.74) is -0.296. The third-order valence-electron chi connectivity index (χ3n) is 4.35. The van der Waals surface area contributed by atoms with E-state index in [9.17, 15) is 15.0 Å². The molecule has 0 aliphatic heterocycles. The number of aromatic hydroxyl groups is 2. The van der Waals surface area contributed by atoms with Crippen LogP contribution in [0.1, 0.15) is 66.0 Å². The van der Waals surface area contributed by atoms with Crippen LogP contribution in [0.4, 0.5) is 4.79 Å². The molecule has 0 aliphatic rings. The zero-order chi connectivity index (χ0) is 19.3. The van der Waals surface area contributed by atoms with Gasteiger partial charge in [-0.3, -0.25) is 0 Å². The Kier molecular flexibility index (Phi) is 7.11. The van der Waals surface area contributed by atoms with Crippen LogP contribution in [0.25, 0.3) is 0 Å². The molecule has 0 aromatic heterocycles. The fraction of sp³-hybridized carbons (Fsp3) is 0.632. The second kappa shape index (κ2) is 8.43. The monoisotopic (exact) mass is 352 g/mol. The van der Waals surface area contributed by atoms with Gasteiger partial charge in [-0.05, 0) is 46.6 Å². The van der Waals surface area contributed by atoms with Crippen molar-refractivity contribution in [3.8, 4) is 11.5 Å².